The van der Waals surface area contributed by atoms with Crippen LogP contribution in [0.3, 0.4) is 0 Å². The first kappa shape index (κ1) is 21.3. The smallest absolute Gasteiger partial charge is 0.305 e. The number of carbonyl (C=O) groups is 1. The van der Waals surface area contributed by atoms with Gasteiger partial charge >= 0.3 is 5.97 Å². The summed E-state index contributed by atoms with van der Waals surface area (Å²) in [5.41, 5.74) is -0.553. The molecule has 10 heteroatoms. The molecule has 0 rings (SSSR count). The molecule has 0 aliphatic carbocycles. The molecule has 0 aliphatic rings. The van der Waals surface area contributed by atoms with Crippen molar-refractivity contribution < 1.29 is 35.1 Å². The fourth-order valence-corrected chi connectivity index (χ4v) is 3.28. The van der Waals surface area contributed by atoms with Crippen molar-refractivity contribution in [2.75, 3.05) is 24.7 Å². The third-order valence-corrected chi connectivity index (χ3v) is 4.81. The van der Waals surface area contributed by atoms with Crippen molar-refractivity contribution in [1.82, 2.24) is 0 Å². The topological polar surface area (TPSA) is 124 Å². The van der Waals surface area contributed by atoms with Gasteiger partial charge in [-0.2, -0.15) is 16.8 Å². The van der Waals surface area contributed by atoms with Crippen molar-refractivity contribution in [1.29, 1.82) is 0 Å². The highest BCUT2D eigenvalue weighted by atomic mass is 32.2. The zero-order chi connectivity index (χ0) is 17.4. The number of carbonyl (C=O) groups excluding carboxylic acids is 1. The van der Waals surface area contributed by atoms with Crippen LogP contribution in [0.25, 0.3) is 0 Å². The third-order valence-electron chi connectivity index (χ3n) is 2.74. The number of hydrogen-bond donors (Lipinski definition) is 1. The van der Waals surface area contributed by atoms with Gasteiger partial charge in [0, 0.05) is 6.42 Å². The molecule has 0 aromatic carbocycles. The van der Waals surface area contributed by atoms with E-state index in [9.17, 15) is 21.6 Å². The summed E-state index contributed by atoms with van der Waals surface area (Å²) in [6, 6.07) is 0. The Morgan fingerprint density at radius 2 is 1.73 bits per heavy atom. The van der Waals surface area contributed by atoms with E-state index in [1.165, 1.54) is 0 Å². The standard InChI is InChI=1S/C12H24O8S2/c1-4-19-11(13)6-7-12(2,3)10-20-22(17,18)9-5-8-21(14,15)16/h4-10H2,1-3H3,(H,14,15,16). The minimum Gasteiger partial charge on any atom is -0.466 e. The molecule has 0 atom stereocenters. The average molecular weight is 360 g/mol. The molecule has 0 heterocycles. The SMILES string of the molecule is CCOC(=O)CCC(C)(C)COS(=O)(=O)CCCS(=O)(=O)O. The second-order valence-corrected chi connectivity index (χ2v) is 8.96. The molecular weight excluding hydrogens is 336 g/mol. The zero-order valence-corrected chi connectivity index (χ0v) is 14.7. The van der Waals surface area contributed by atoms with E-state index in [4.69, 9.17) is 13.5 Å². The fourth-order valence-electron chi connectivity index (χ4n) is 1.47. The van der Waals surface area contributed by atoms with E-state index in [2.05, 4.69) is 0 Å². The lowest BCUT2D eigenvalue weighted by molar-refractivity contribution is -0.143. The fraction of sp³-hybridized carbons (Fsp3) is 0.917. The van der Waals surface area contributed by atoms with Crippen LogP contribution in [0.4, 0.5) is 0 Å². The largest absolute Gasteiger partial charge is 0.466 e. The quantitative estimate of drug-likeness (QED) is 0.328. The highest BCUT2D eigenvalue weighted by Crippen LogP contribution is 2.24. The van der Waals surface area contributed by atoms with Crippen molar-refractivity contribution in [2.45, 2.75) is 40.0 Å². The Hall–Kier alpha value is -0.710. The second-order valence-electron chi connectivity index (χ2n) is 5.63. The summed E-state index contributed by atoms with van der Waals surface area (Å²) in [5, 5.41) is 0. The normalized spacial score (nSPS) is 13.1. The molecule has 0 spiro atoms. The summed E-state index contributed by atoms with van der Waals surface area (Å²) in [7, 11) is -8.06. The van der Waals surface area contributed by atoms with E-state index in [1.54, 1.807) is 20.8 Å². The van der Waals surface area contributed by atoms with Crippen molar-refractivity contribution in [3.05, 3.63) is 0 Å². The van der Waals surface area contributed by atoms with E-state index in [0.29, 0.717) is 6.42 Å². The van der Waals surface area contributed by atoms with E-state index in [-0.39, 0.29) is 32.0 Å². The first-order valence-corrected chi connectivity index (χ1v) is 10.0. The van der Waals surface area contributed by atoms with Crippen LogP contribution in [0.5, 0.6) is 0 Å². The van der Waals surface area contributed by atoms with Gasteiger partial charge in [-0.05, 0) is 25.2 Å². The molecule has 1 N–H and O–H groups in total. The van der Waals surface area contributed by atoms with E-state index in [1.807, 2.05) is 0 Å². The van der Waals surface area contributed by atoms with Gasteiger partial charge in [0.1, 0.15) is 0 Å². The number of esters is 1. The summed E-state index contributed by atoms with van der Waals surface area (Å²) >= 11 is 0. The highest BCUT2D eigenvalue weighted by Gasteiger charge is 2.24. The van der Waals surface area contributed by atoms with Crippen LogP contribution in [0.1, 0.15) is 40.0 Å². The summed E-state index contributed by atoms with van der Waals surface area (Å²) in [6.45, 7) is 5.36. The maximum absolute atomic E-state index is 11.6. The first-order valence-electron chi connectivity index (χ1n) is 6.85. The van der Waals surface area contributed by atoms with Crippen LogP contribution in [0, 0.1) is 5.41 Å². The van der Waals surface area contributed by atoms with Gasteiger partial charge in [-0.3, -0.25) is 13.5 Å². The van der Waals surface area contributed by atoms with Gasteiger partial charge < -0.3 is 4.74 Å². The van der Waals surface area contributed by atoms with Crippen molar-refractivity contribution >= 4 is 26.2 Å². The molecule has 22 heavy (non-hydrogen) atoms. The predicted octanol–water partition coefficient (Wildman–Crippen LogP) is 0.980. The maximum Gasteiger partial charge on any atom is 0.305 e. The molecule has 0 radical (unpaired) electrons. The van der Waals surface area contributed by atoms with Gasteiger partial charge in [-0.15, -0.1) is 0 Å². The van der Waals surface area contributed by atoms with Gasteiger partial charge in [0.2, 0.25) is 0 Å². The van der Waals surface area contributed by atoms with Crippen LogP contribution >= 0.6 is 0 Å². The molecule has 0 aromatic rings. The van der Waals surface area contributed by atoms with E-state index in [0.717, 1.165) is 0 Å². The minimum absolute atomic E-state index is 0.124. The van der Waals surface area contributed by atoms with Crippen LogP contribution in [-0.2, 0) is 34.0 Å². The van der Waals surface area contributed by atoms with Gasteiger partial charge in [0.25, 0.3) is 20.2 Å². The number of ether oxygens (including phenoxy) is 1. The minimum atomic E-state index is -4.18. The van der Waals surface area contributed by atoms with E-state index < -0.39 is 37.2 Å². The summed E-state index contributed by atoms with van der Waals surface area (Å²) in [4.78, 5) is 11.3. The Morgan fingerprint density at radius 3 is 2.23 bits per heavy atom. The summed E-state index contributed by atoms with van der Waals surface area (Å²) in [6.07, 6.45) is 0.309. The molecule has 0 fully saturated rings. The van der Waals surface area contributed by atoms with Crippen LogP contribution in [0.15, 0.2) is 0 Å². The van der Waals surface area contributed by atoms with Crippen LogP contribution in [-0.4, -0.2) is 52.1 Å². The monoisotopic (exact) mass is 360 g/mol. The lowest BCUT2D eigenvalue weighted by Gasteiger charge is -2.23. The lowest BCUT2D eigenvalue weighted by atomic mass is 9.89. The Kier molecular flexibility index (Phi) is 8.52. The Balaban J connectivity index is 4.24. The molecule has 0 unspecified atom stereocenters. The summed E-state index contributed by atoms with van der Waals surface area (Å²) in [5.74, 6) is -1.49. The van der Waals surface area contributed by atoms with E-state index >= 15 is 0 Å². The Labute approximate surface area is 132 Å². The molecule has 0 aromatic heterocycles. The molecular formula is C12H24O8S2. The van der Waals surface area contributed by atoms with Crippen molar-refractivity contribution in [3.8, 4) is 0 Å². The summed E-state index contributed by atoms with van der Waals surface area (Å²) < 4.78 is 62.4. The molecule has 0 aliphatic heterocycles. The van der Waals surface area contributed by atoms with Crippen molar-refractivity contribution in [3.63, 3.8) is 0 Å². The maximum atomic E-state index is 11.6. The number of hydrogen-bond acceptors (Lipinski definition) is 7. The lowest BCUT2D eigenvalue weighted by Crippen LogP contribution is -2.25. The molecule has 0 saturated heterocycles. The average Bonchev–Trinajstić information content (AvgIpc) is 2.33. The number of rotatable bonds is 11. The Morgan fingerprint density at radius 1 is 1.14 bits per heavy atom. The Bertz CT molecular complexity index is 548. The van der Waals surface area contributed by atoms with Gasteiger partial charge in [0.15, 0.2) is 0 Å². The zero-order valence-electron chi connectivity index (χ0n) is 13.1. The molecule has 0 saturated carbocycles. The molecule has 132 valence electrons. The van der Waals surface area contributed by atoms with Crippen molar-refractivity contribution in [2.24, 2.45) is 5.41 Å². The first-order chi connectivity index (χ1) is 9.87. The van der Waals surface area contributed by atoms with Gasteiger partial charge in [-0.1, -0.05) is 13.8 Å². The van der Waals surface area contributed by atoms with Gasteiger partial charge in [-0.25, -0.2) is 0 Å². The molecule has 8 nitrogen and oxygen atoms in total. The molecule has 0 amide bonds. The highest BCUT2D eigenvalue weighted by molar-refractivity contribution is 7.87. The predicted molar refractivity (Wildman–Crippen MR) is 80.4 cm³/mol. The van der Waals surface area contributed by atoms with Gasteiger partial charge in [0.05, 0.1) is 24.7 Å². The van der Waals surface area contributed by atoms with Crippen LogP contribution in [0.2, 0.25) is 0 Å². The third kappa shape index (κ3) is 11.9. The molecule has 0 bridgehead atoms. The van der Waals surface area contributed by atoms with Crippen LogP contribution < -0.4 is 0 Å². The second kappa shape index (κ2) is 8.80.